The number of aryl methyl sites for hydroxylation is 1. The number of aliphatic hydroxyl groups is 1. The molecule has 0 saturated carbocycles. The molecule has 220 valence electrons. The molecule has 1 unspecified atom stereocenters. The number of unbranched alkanes of at least 4 members (excludes halogenated alkanes) is 4. The fraction of sp³-hybridized carbons (Fsp3) is 0.793. The van der Waals surface area contributed by atoms with Gasteiger partial charge in [-0.15, -0.1) is 0 Å². The van der Waals surface area contributed by atoms with Gasteiger partial charge < -0.3 is 21.3 Å². The zero-order valence-electron chi connectivity index (χ0n) is 25.4. The molecule has 0 amide bonds. The number of nitrogens with two attached hydrogens (primary N) is 2. The highest BCUT2D eigenvalue weighted by molar-refractivity contribution is 5.39. The average Bonchev–Trinajstić information content (AvgIpc) is 2.94. The summed E-state index contributed by atoms with van der Waals surface area (Å²) < 4.78 is 45.5. The molecule has 0 bridgehead atoms. The van der Waals surface area contributed by atoms with E-state index in [4.69, 9.17) is 10.5 Å². The van der Waals surface area contributed by atoms with Gasteiger partial charge in [0.1, 0.15) is 5.75 Å². The molecular formula is C29H61F3N2O2. The van der Waals surface area contributed by atoms with Gasteiger partial charge in [0.2, 0.25) is 0 Å². The Morgan fingerprint density at radius 1 is 0.833 bits per heavy atom. The lowest BCUT2D eigenvalue weighted by Gasteiger charge is -2.25. The Bertz CT molecular complexity index is 536. The first-order valence-corrected chi connectivity index (χ1v) is 14.1. The second-order valence-electron chi connectivity index (χ2n) is 6.96. The number of hydrogen-bond donors (Lipinski definition) is 3. The van der Waals surface area contributed by atoms with Crippen molar-refractivity contribution >= 4 is 0 Å². The van der Waals surface area contributed by atoms with Crippen LogP contribution in [-0.2, 0) is 12.6 Å². The predicted octanol–water partition coefficient (Wildman–Crippen LogP) is 8.77. The smallest absolute Gasteiger partial charge is 0.419 e. The molecule has 0 saturated heterocycles. The molecular weight excluding hydrogens is 465 g/mol. The summed E-state index contributed by atoms with van der Waals surface area (Å²) in [4.78, 5) is 0. The van der Waals surface area contributed by atoms with Crippen LogP contribution in [0.2, 0.25) is 0 Å². The van der Waals surface area contributed by atoms with Gasteiger partial charge in [0.25, 0.3) is 0 Å². The molecule has 1 aromatic carbocycles. The fourth-order valence-electron chi connectivity index (χ4n) is 2.73. The number of aliphatic hydroxyl groups excluding tert-OH is 1. The lowest BCUT2D eigenvalue weighted by molar-refractivity contribution is -0.139. The molecule has 0 aliphatic carbocycles. The average molecular weight is 527 g/mol. The Morgan fingerprint density at radius 3 is 1.75 bits per heavy atom. The minimum Gasteiger partial charge on any atom is -0.493 e. The summed E-state index contributed by atoms with van der Waals surface area (Å²) in [5, 5.41) is 9.34. The highest BCUT2D eigenvalue weighted by Gasteiger charge is 2.35. The first-order valence-electron chi connectivity index (χ1n) is 14.1. The number of alkyl halides is 3. The van der Waals surface area contributed by atoms with E-state index in [1.165, 1.54) is 13.1 Å². The molecule has 0 heterocycles. The van der Waals surface area contributed by atoms with Crippen LogP contribution in [0.25, 0.3) is 0 Å². The summed E-state index contributed by atoms with van der Waals surface area (Å²) in [6.07, 6.45) is 1.96. The molecule has 0 aromatic heterocycles. The lowest BCUT2D eigenvalue weighted by Crippen LogP contribution is -2.43. The molecule has 7 heteroatoms. The van der Waals surface area contributed by atoms with Gasteiger partial charge in [-0.3, -0.25) is 0 Å². The van der Waals surface area contributed by atoms with E-state index in [9.17, 15) is 18.3 Å². The number of ether oxygens (including phenoxy) is 1. The summed E-state index contributed by atoms with van der Waals surface area (Å²) in [5.41, 5.74) is 9.56. The van der Waals surface area contributed by atoms with Crippen LogP contribution < -0.4 is 16.2 Å². The van der Waals surface area contributed by atoms with Crippen LogP contribution in [0.3, 0.4) is 0 Å². The monoisotopic (exact) mass is 526 g/mol. The predicted molar refractivity (Wildman–Crippen MR) is 154 cm³/mol. The van der Waals surface area contributed by atoms with Crippen molar-refractivity contribution in [3.8, 4) is 5.75 Å². The standard InChI is InChI=1S/C20H32F3NO2.4C2H6.CH5N/c1-3-5-6-7-8-13-26-18-10-9-16(14-17(18)20(21,22)23)11-12-19(24,4-2)15-25;5*1-2/h9-10,14,25H,3-8,11-13,15,24H2,1-2H3;4*1-2H3;2H2,1H3. The number of hydrogen-bond acceptors (Lipinski definition) is 4. The van der Waals surface area contributed by atoms with Crippen molar-refractivity contribution in [3.63, 3.8) is 0 Å². The van der Waals surface area contributed by atoms with Gasteiger partial charge in [-0.25, -0.2) is 0 Å². The van der Waals surface area contributed by atoms with Crippen molar-refractivity contribution in [1.82, 2.24) is 0 Å². The summed E-state index contributed by atoms with van der Waals surface area (Å²) >= 11 is 0. The second kappa shape index (κ2) is 31.7. The van der Waals surface area contributed by atoms with Crippen LogP contribution in [0.5, 0.6) is 5.75 Å². The van der Waals surface area contributed by atoms with Gasteiger partial charge in [-0.2, -0.15) is 13.2 Å². The van der Waals surface area contributed by atoms with E-state index in [1.54, 1.807) is 6.07 Å². The summed E-state index contributed by atoms with van der Waals surface area (Å²) in [6.45, 7) is 20.1. The first-order chi connectivity index (χ1) is 17.3. The minimum atomic E-state index is -4.46. The molecule has 1 atom stereocenters. The zero-order chi connectivity index (χ0) is 29.6. The topological polar surface area (TPSA) is 81.5 Å². The van der Waals surface area contributed by atoms with E-state index >= 15 is 0 Å². The molecule has 36 heavy (non-hydrogen) atoms. The lowest BCUT2D eigenvalue weighted by atomic mass is 9.90. The Balaban J connectivity index is -0.000000284. The van der Waals surface area contributed by atoms with Crippen molar-refractivity contribution < 1.29 is 23.0 Å². The van der Waals surface area contributed by atoms with Gasteiger partial charge >= 0.3 is 6.18 Å². The molecule has 0 fully saturated rings. The van der Waals surface area contributed by atoms with Gasteiger partial charge in [0.05, 0.1) is 18.8 Å². The van der Waals surface area contributed by atoms with Gasteiger partial charge in [-0.05, 0) is 50.4 Å². The quantitative estimate of drug-likeness (QED) is 0.238. The van der Waals surface area contributed by atoms with Gasteiger partial charge in [-0.1, -0.05) is 101 Å². The molecule has 0 radical (unpaired) electrons. The molecule has 1 rings (SSSR count). The van der Waals surface area contributed by atoms with Crippen molar-refractivity contribution in [2.75, 3.05) is 20.3 Å². The SMILES string of the molecule is CC.CC.CC.CC.CCCCCCCOc1ccc(CCC(N)(CC)CO)cc1C(F)(F)F.CN. The zero-order valence-corrected chi connectivity index (χ0v) is 25.4. The van der Waals surface area contributed by atoms with Crippen LogP contribution in [0.15, 0.2) is 18.2 Å². The van der Waals surface area contributed by atoms with Crippen molar-refractivity contribution in [1.29, 1.82) is 0 Å². The van der Waals surface area contributed by atoms with Crippen LogP contribution in [-0.4, -0.2) is 30.9 Å². The number of rotatable bonds is 12. The van der Waals surface area contributed by atoms with Gasteiger partial charge in [0, 0.05) is 5.54 Å². The molecule has 4 nitrogen and oxygen atoms in total. The van der Waals surface area contributed by atoms with E-state index in [1.807, 2.05) is 62.3 Å². The highest BCUT2D eigenvalue weighted by Crippen LogP contribution is 2.37. The third-order valence-corrected chi connectivity index (χ3v) is 4.79. The summed E-state index contributed by atoms with van der Waals surface area (Å²) in [5.74, 6) is -0.117. The highest BCUT2D eigenvalue weighted by atomic mass is 19.4. The third kappa shape index (κ3) is 23.1. The number of halogens is 3. The van der Waals surface area contributed by atoms with Crippen LogP contribution in [0.4, 0.5) is 13.2 Å². The summed E-state index contributed by atoms with van der Waals surface area (Å²) in [6, 6.07) is 4.18. The van der Waals surface area contributed by atoms with E-state index in [0.29, 0.717) is 31.4 Å². The van der Waals surface area contributed by atoms with E-state index in [0.717, 1.165) is 38.2 Å². The second-order valence-corrected chi connectivity index (χ2v) is 6.96. The largest absolute Gasteiger partial charge is 0.493 e. The van der Waals surface area contributed by atoms with Crippen LogP contribution in [0.1, 0.15) is 125 Å². The minimum absolute atomic E-state index is 0.117. The Kier molecular flexibility index (Phi) is 39.4. The van der Waals surface area contributed by atoms with Crippen LogP contribution in [0, 0.1) is 0 Å². The Hall–Kier alpha value is -1.31. The van der Waals surface area contributed by atoms with Crippen molar-refractivity contribution in [2.24, 2.45) is 11.5 Å². The van der Waals surface area contributed by atoms with Crippen LogP contribution >= 0.6 is 0 Å². The van der Waals surface area contributed by atoms with E-state index in [-0.39, 0.29) is 12.4 Å². The maximum atomic E-state index is 13.4. The van der Waals surface area contributed by atoms with Gasteiger partial charge in [0.15, 0.2) is 0 Å². The number of benzene rings is 1. The molecule has 5 N–H and O–H groups in total. The molecule has 0 spiro atoms. The first kappa shape index (κ1) is 44.7. The molecule has 0 aliphatic rings. The maximum Gasteiger partial charge on any atom is 0.419 e. The normalized spacial score (nSPS) is 11.1. The fourth-order valence-corrected chi connectivity index (χ4v) is 2.73. The van der Waals surface area contributed by atoms with E-state index < -0.39 is 17.3 Å². The van der Waals surface area contributed by atoms with Crippen molar-refractivity contribution in [3.05, 3.63) is 29.3 Å². The van der Waals surface area contributed by atoms with E-state index in [2.05, 4.69) is 12.7 Å². The molecule has 1 aromatic rings. The Labute approximate surface area is 222 Å². The van der Waals surface area contributed by atoms with Crippen molar-refractivity contribution in [2.45, 2.75) is 132 Å². The maximum absolute atomic E-state index is 13.4. The molecule has 0 aliphatic heterocycles. The summed E-state index contributed by atoms with van der Waals surface area (Å²) in [7, 11) is 1.50. The third-order valence-electron chi connectivity index (χ3n) is 4.79. The Morgan fingerprint density at radius 2 is 1.33 bits per heavy atom.